The second-order valence-electron chi connectivity index (χ2n) is 5.54. The summed E-state index contributed by atoms with van der Waals surface area (Å²) in [5.41, 5.74) is 1.76. The molecule has 2 aromatic carbocycles. The molecule has 0 saturated heterocycles. The van der Waals surface area contributed by atoms with E-state index in [1.165, 1.54) is 12.1 Å². The third-order valence-electron chi connectivity index (χ3n) is 3.63. The van der Waals surface area contributed by atoms with E-state index in [2.05, 4.69) is 15.6 Å². The Bertz CT molecular complexity index is 954. The molecule has 3 aromatic rings. The Morgan fingerprint density at radius 1 is 1.28 bits per heavy atom. The summed E-state index contributed by atoms with van der Waals surface area (Å²) in [5, 5.41) is 17.7. The van der Waals surface area contributed by atoms with E-state index in [-0.39, 0.29) is 17.3 Å². The molecule has 2 N–H and O–H groups in total. The standard InChI is InChI=1S/C17H16N4O3S/c1-10(17(22)20-13-5-3-4-6-15(13)21(23)24)18-12-7-8-14-16(9-12)25-11(2)19-14/h3-10,18H,1-2H3,(H,20,22)/t10-/m1/s1. The molecule has 1 atom stereocenters. The first-order chi connectivity index (χ1) is 11.9. The molecule has 128 valence electrons. The zero-order valence-corrected chi connectivity index (χ0v) is 14.5. The van der Waals surface area contributed by atoms with Crippen LogP contribution in [-0.2, 0) is 4.79 Å². The van der Waals surface area contributed by atoms with Crippen molar-refractivity contribution in [2.45, 2.75) is 19.9 Å². The summed E-state index contributed by atoms with van der Waals surface area (Å²) >= 11 is 1.58. The average molecular weight is 356 g/mol. The van der Waals surface area contributed by atoms with Crippen molar-refractivity contribution in [3.8, 4) is 0 Å². The van der Waals surface area contributed by atoms with Gasteiger partial charge in [-0.2, -0.15) is 0 Å². The van der Waals surface area contributed by atoms with E-state index in [0.29, 0.717) is 0 Å². The van der Waals surface area contributed by atoms with Gasteiger partial charge in [0.05, 0.1) is 20.1 Å². The first-order valence-electron chi connectivity index (χ1n) is 7.62. The molecule has 0 saturated carbocycles. The zero-order valence-electron chi connectivity index (χ0n) is 13.6. The predicted molar refractivity (Wildman–Crippen MR) is 99.2 cm³/mol. The highest BCUT2D eigenvalue weighted by Crippen LogP contribution is 2.26. The fourth-order valence-electron chi connectivity index (χ4n) is 2.42. The topological polar surface area (TPSA) is 97.2 Å². The molecule has 1 aromatic heterocycles. The van der Waals surface area contributed by atoms with Gasteiger partial charge in [-0.25, -0.2) is 4.98 Å². The van der Waals surface area contributed by atoms with Gasteiger partial charge in [0.15, 0.2) is 0 Å². The molecule has 25 heavy (non-hydrogen) atoms. The number of nitrogens with one attached hydrogen (secondary N) is 2. The molecule has 0 spiro atoms. The van der Waals surface area contributed by atoms with Gasteiger partial charge in [-0.1, -0.05) is 12.1 Å². The molecule has 8 heteroatoms. The third kappa shape index (κ3) is 3.74. The van der Waals surface area contributed by atoms with E-state index in [0.717, 1.165) is 20.9 Å². The highest BCUT2D eigenvalue weighted by atomic mass is 32.1. The van der Waals surface area contributed by atoms with Crippen molar-refractivity contribution in [3.63, 3.8) is 0 Å². The van der Waals surface area contributed by atoms with Gasteiger partial charge in [0, 0.05) is 11.8 Å². The number of aromatic nitrogens is 1. The van der Waals surface area contributed by atoms with Crippen LogP contribution >= 0.6 is 11.3 Å². The maximum atomic E-state index is 12.4. The number of nitro benzene ring substituents is 1. The molecular formula is C17H16N4O3S. The molecule has 0 unspecified atom stereocenters. The van der Waals surface area contributed by atoms with Gasteiger partial charge < -0.3 is 10.6 Å². The first-order valence-corrected chi connectivity index (χ1v) is 8.43. The Kier molecular flexibility index (Phi) is 4.62. The van der Waals surface area contributed by atoms with Gasteiger partial charge in [-0.05, 0) is 38.1 Å². The van der Waals surface area contributed by atoms with E-state index < -0.39 is 11.0 Å². The first kappa shape index (κ1) is 16.8. The van der Waals surface area contributed by atoms with Crippen LogP contribution in [0.5, 0.6) is 0 Å². The normalized spacial score (nSPS) is 11.9. The fraction of sp³-hybridized carbons (Fsp3) is 0.176. The Labute approximate surface area is 147 Å². The van der Waals surface area contributed by atoms with Crippen molar-refractivity contribution in [2.24, 2.45) is 0 Å². The summed E-state index contributed by atoms with van der Waals surface area (Å²) in [7, 11) is 0. The van der Waals surface area contributed by atoms with Gasteiger partial charge in [-0.3, -0.25) is 14.9 Å². The van der Waals surface area contributed by atoms with E-state index in [1.54, 1.807) is 30.4 Å². The molecule has 0 bridgehead atoms. The molecule has 1 amide bonds. The average Bonchev–Trinajstić information content (AvgIpc) is 2.94. The van der Waals surface area contributed by atoms with Gasteiger partial charge in [-0.15, -0.1) is 11.3 Å². The molecular weight excluding hydrogens is 340 g/mol. The minimum Gasteiger partial charge on any atom is -0.374 e. The van der Waals surface area contributed by atoms with Crippen LogP contribution < -0.4 is 10.6 Å². The van der Waals surface area contributed by atoms with Crippen LogP contribution in [-0.4, -0.2) is 21.9 Å². The number of carbonyl (C=O) groups excluding carboxylic acids is 1. The molecule has 0 aliphatic rings. The molecule has 0 radical (unpaired) electrons. The summed E-state index contributed by atoms with van der Waals surface area (Å²) in [6.07, 6.45) is 0. The van der Waals surface area contributed by atoms with E-state index in [4.69, 9.17) is 0 Å². The number of nitro groups is 1. The minimum atomic E-state index is -0.564. The van der Waals surface area contributed by atoms with Crippen molar-refractivity contribution in [2.75, 3.05) is 10.6 Å². The van der Waals surface area contributed by atoms with Crippen LogP contribution in [0, 0.1) is 17.0 Å². The van der Waals surface area contributed by atoms with Crippen LogP contribution in [0.2, 0.25) is 0 Å². The van der Waals surface area contributed by atoms with Gasteiger partial charge >= 0.3 is 0 Å². The molecule has 0 aliphatic carbocycles. The number of rotatable bonds is 5. The minimum absolute atomic E-state index is 0.135. The lowest BCUT2D eigenvalue weighted by Crippen LogP contribution is -2.32. The number of fused-ring (bicyclic) bond motifs is 1. The lowest BCUT2D eigenvalue weighted by molar-refractivity contribution is -0.383. The number of hydrogen-bond donors (Lipinski definition) is 2. The van der Waals surface area contributed by atoms with Crippen molar-refractivity contribution >= 4 is 44.5 Å². The second-order valence-corrected chi connectivity index (χ2v) is 6.78. The Morgan fingerprint density at radius 3 is 2.80 bits per heavy atom. The molecule has 3 rings (SSSR count). The largest absolute Gasteiger partial charge is 0.374 e. The monoisotopic (exact) mass is 356 g/mol. The Morgan fingerprint density at radius 2 is 2.04 bits per heavy atom. The summed E-state index contributed by atoms with van der Waals surface area (Å²) in [6, 6.07) is 11.2. The van der Waals surface area contributed by atoms with Crippen LogP contribution in [0.25, 0.3) is 10.2 Å². The van der Waals surface area contributed by atoms with E-state index >= 15 is 0 Å². The van der Waals surface area contributed by atoms with Crippen LogP contribution in [0.1, 0.15) is 11.9 Å². The summed E-state index contributed by atoms with van der Waals surface area (Å²) < 4.78 is 1.04. The second kappa shape index (κ2) is 6.86. The number of hydrogen-bond acceptors (Lipinski definition) is 6. The number of thiazole rings is 1. The zero-order chi connectivity index (χ0) is 18.0. The summed E-state index contributed by atoms with van der Waals surface area (Å²) in [6.45, 7) is 3.65. The Balaban J connectivity index is 1.72. The van der Waals surface area contributed by atoms with Crippen LogP contribution in [0.4, 0.5) is 17.1 Å². The number of para-hydroxylation sites is 2. The number of aryl methyl sites for hydroxylation is 1. The highest BCUT2D eigenvalue weighted by Gasteiger charge is 2.18. The molecule has 1 heterocycles. The fourth-order valence-corrected chi connectivity index (χ4v) is 3.29. The molecule has 7 nitrogen and oxygen atoms in total. The number of amides is 1. The SMILES string of the molecule is Cc1nc2ccc(N[C@H](C)C(=O)Nc3ccccc3[N+](=O)[O-])cc2s1. The quantitative estimate of drug-likeness (QED) is 0.533. The van der Waals surface area contributed by atoms with Gasteiger partial charge in [0.1, 0.15) is 11.7 Å². The number of carbonyl (C=O) groups is 1. The van der Waals surface area contributed by atoms with E-state index in [1.807, 2.05) is 25.1 Å². The predicted octanol–water partition coefficient (Wildman–Crippen LogP) is 3.95. The Hall–Kier alpha value is -3.00. The number of nitrogens with zero attached hydrogens (tertiary/aromatic N) is 2. The highest BCUT2D eigenvalue weighted by molar-refractivity contribution is 7.18. The maximum absolute atomic E-state index is 12.4. The van der Waals surface area contributed by atoms with Gasteiger partial charge in [0.25, 0.3) is 5.69 Å². The maximum Gasteiger partial charge on any atom is 0.292 e. The van der Waals surface area contributed by atoms with Crippen LogP contribution in [0.15, 0.2) is 42.5 Å². The van der Waals surface area contributed by atoms with Crippen molar-refractivity contribution in [1.29, 1.82) is 0 Å². The lowest BCUT2D eigenvalue weighted by atomic mass is 10.2. The van der Waals surface area contributed by atoms with E-state index in [9.17, 15) is 14.9 Å². The number of benzene rings is 2. The third-order valence-corrected chi connectivity index (χ3v) is 4.56. The smallest absolute Gasteiger partial charge is 0.292 e. The summed E-state index contributed by atoms with van der Waals surface area (Å²) in [5.74, 6) is -0.352. The van der Waals surface area contributed by atoms with Crippen molar-refractivity contribution in [3.05, 3.63) is 57.6 Å². The lowest BCUT2D eigenvalue weighted by Gasteiger charge is -2.15. The van der Waals surface area contributed by atoms with Crippen molar-refractivity contribution in [1.82, 2.24) is 4.98 Å². The summed E-state index contributed by atoms with van der Waals surface area (Å²) in [4.78, 5) is 27.3. The van der Waals surface area contributed by atoms with Crippen LogP contribution in [0.3, 0.4) is 0 Å². The molecule has 0 fully saturated rings. The van der Waals surface area contributed by atoms with Crippen molar-refractivity contribution < 1.29 is 9.72 Å². The molecule has 0 aliphatic heterocycles. The number of anilines is 2. The van der Waals surface area contributed by atoms with Gasteiger partial charge in [0.2, 0.25) is 5.91 Å².